The maximum Gasteiger partial charge on any atom is 0.309 e. The Morgan fingerprint density at radius 3 is 2.56 bits per heavy atom. The number of thioether (sulfide) groups is 1. The van der Waals surface area contributed by atoms with Gasteiger partial charge in [-0.1, -0.05) is 32.0 Å². The van der Waals surface area contributed by atoms with Crippen molar-refractivity contribution in [1.82, 2.24) is 14.9 Å². The van der Waals surface area contributed by atoms with Crippen LogP contribution in [0, 0.1) is 5.92 Å². The van der Waals surface area contributed by atoms with E-state index in [1.165, 1.54) is 6.42 Å². The molecule has 198 valence electrons. The Balaban J connectivity index is 0.000000260. The lowest BCUT2D eigenvalue weighted by atomic mass is 10.1. The Morgan fingerprint density at radius 2 is 1.89 bits per heavy atom. The topological polar surface area (TPSA) is 96.5 Å². The summed E-state index contributed by atoms with van der Waals surface area (Å²) < 4.78 is 15.5. The molecular weight excluding hydrogens is 494 g/mol. The van der Waals surface area contributed by atoms with E-state index in [4.69, 9.17) is 14.0 Å². The number of aromatic nitrogens is 2. The normalized spacial score (nSPS) is 20.6. The van der Waals surface area contributed by atoms with Gasteiger partial charge in [-0.25, -0.2) is 0 Å². The van der Waals surface area contributed by atoms with Crippen LogP contribution in [-0.2, 0) is 11.2 Å². The Hall–Kier alpha value is -2.62. The van der Waals surface area contributed by atoms with Gasteiger partial charge in [0.1, 0.15) is 11.5 Å². The molecule has 0 amide bonds. The first-order valence-electron chi connectivity index (χ1n) is 12.0. The van der Waals surface area contributed by atoms with Crippen molar-refractivity contribution >= 4 is 39.1 Å². The molecule has 0 spiro atoms. The lowest BCUT2D eigenvalue weighted by molar-refractivity contribution is -0.136. The molecule has 2 aromatic carbocycles. The van der Waals surface area contributed by atoms with E-state index in [-0.39, 0.29) is 6.42 Å². The number of carboxylic acid groups (broad SMARTS) is 1. The molecule has 2 atom stereocenters. The Bertz CT molecular complexity index is 1060. The summed E-state index contributed by atoms with van der Waals surface area (Å²) in [5, 5.41) is 16.2. The van der Waals surface area contributed by atoms with Crippen molar-refractivity contribution < 1.29 is 18.8 Å². The number of nitrogens with one attached hydrogen (secondary N) is 2. The van der Waals surface area contributed by atoms with Crippen molar-refractivity contribution in [1.29, 1.82) is 0 Å². The van der Waals surface area contributed by atoms with Crippen LogP contribution >= 0.6 is 22.3 Å². The minimum absolute atomic E-state index is 0.0134. The zero-order valence-electron chi connectivity index (χ0n) is 21.5. The lowest BCUT2D eigenvalue weighted by Gasteiger charge is -2.42. The number of carbonyl (C=O) groups is 1. The molecule has 1 aliphatic rings. The van der Waals surface area contributed by atoms with Crippen LogP contribution in [0.4, 0.5) is 0 Å². The summed E-state index contributed by atoms with van der Waals surface area (Å²) >= 11 is 1.90. The summed E-state index contributed by atoms with van der Waals surface area (Å²) in [6, 6.07) is 15.5. The van der Waals surface area contributed by atoms with E-state index in [0.717, 1.165) is 58.7 Å². The fourth-order valence-corrected chi connectivity index (χ4v) is 6.81. The third-order valence-corrected chi connectivity index (χ3v) is 8.76. The van der Waals surface area contributed by atoms with Crippen molar-refractivity contribution in [3.05, 3.63) is 67.4 Å². The van der Waals surface area contributed by atoms with Gasteiger partial charge in [-0.15, -0.1) is 13.2 Å². The van der Waals surface area contributed by atoms with Crippen LogP contribution in [0.25, 0.3) is 10.9 Å². The average molecular weight is 534 g/mol. The molecule has 3 aromatic rings. The van der Waals surface area contributed by atoms with Crippen molar-refractivity contribution in [3.63, 3.8) is 0 Å². The van der Waals surface area contributed by atoms with Crippen molar-refractivity contribution in [2.24, 2.45) is 5.92 Å². The van der Waals surface area contributed by atoms with Crippen LogP contribution in [0.3, 0.4) is 0 Å². The van der Waals surface area contributed by atoms with Gasteiger partial charge in [-0.3, -0.25) is 14.6 Å². The first kappa shape index (κ1) is 29.6. The monoisotopic (exact) mass is 533 g/mol. The molecule has 36 heavy (non-hydrogen) atoms. The minimum Gasteiger partial charge on any atom is -0.493 e. The molecule has 9 heteroatoms. The largest absolute Gasteiger partial charge is 0.493 e. The Labute approximate surface area is 220 Å². The number of para-hydroxylation sites is 1. The molecular formula is C27H39N3O4S2. The van der Waals surface area contributed by atoms with Crippen molar-refractivity contribution in [2.75, 3.05) is 36.7 Å². The SMILES string of the molecule is C=C.CCSCCOc1ccc(OS2(C)C[C@H](C)CCN2)cc1.O=C(O)Cc1[nH]nc2ccccc12. The zero-order valence-corrected chi connectivity index (χ0v) is 23.1. The number of ether oxygens (including phenoxy) is 1. The molecule has 1 aromatic heterocycles. The molecule has 0 aliphatic carbocycles. The molecule has 1 unspecified atom stereocenters. The van der Waals surface area contributed by atoms with Gasteiger partial charge in [0, 0.05) is 29.7 Å². The van der Waals surface area contributed by atoms with Crippen LogP contribution in [-0.4, -0.2) is 57.9 Å². The number of fused-ring (bicyclic) bond motifs is 1. The third-order valence-electron chi connectivity index (χ3n) is 5.32. The molecule has 1 aliphatic heterocycles. The third kappa shape index (κ3) is 9.79. The maximum atomic E-state index is 10.5. The predicted octanol–water partition coefficient (Wildman–Crippen LogP) is 6.08. The molecule has 0 radical (unpaired) electrons. The highest BCUT2D eigenvalue weighted by Gasteiger charge is 2.27. The second-order valence-corrected chi connectivity index (χ2v) is 12.5. The van der Waals surface area contributed by atoms with E-state index in [0.29, 0.717) is 5.69 Å². The summed E-state index contributed by atoms with van der Waals surface area (Å²) in [5.41, 5.74) is 1.46. The van der Waals surface area contributed by atoms with Gasteiger partial charge in [0.2, 0.25) is 0 Å². The number of aliphatic carboxylic acids is 1. The van der Waals surface area contributed by atoms with Crippen LogP contribution in [0.5, 0.6) is 11.5 Å². The van der Waals surface area contributed by atoms with Gasteiger partial charge in [-0.05, 0) is 58.9 Å². The fourth-order valence-electron chi connectivity index (χ4n) is 3.74. The van der Waals surface area contributed by atoms with E-state index in [1.807, 2.05) is 60.3 Å². The first-order valence-corrected chi connectivity index (χ1v) is 15.3. The lowest BCUT2D eigenvalue weighted by Crippen LogP contribution is -2.36. The number of nitrogens with zero attached hydrogens (tertiary/aromatic N) is 1. The van der Waals surface area contributed by atoms with E-state index >= 15 is 0 Å². The zero-order chi connectivity index (χ0) is 26.4. The molecule has 0 saturated carbocycles. The van der Waals surface area contributed by atoms with Gasteiger partial charge in [0.05, 0.1) is 24.2 Å². The minimum atomic E-state index is -1.17. The maximum absolute atomic E-state index is 10.5. The number of aromatic amines is 1. The number of benzene rings is 2. The highest BCUT2D eigenvalue weighted by atomic mass is 32.3. The molecule has 4 rings (SSSR count). The standard InChI is InChI=1S/C16H27NO2S2.C9H8N2O2.C2H4/c1-4-20-12-11-18-15-5-7-16(8-6-15)19-21(3)13-14(2)9-10-17-21;12-9(13)5-8-6-3-1-2-4-7(6)10-11-8;1-2/h5-8,14,17H,4,9-13H2,1-3H3;1-4H,5H2,(H,10,11)(H,12,13);1-2H2/t14-;;/m1../s1. The quantitative estimate of drug-likeness (QED) is 0.226. The fraction of sp³-hybridized carbons (Fsp3) is 0.407. The second kappa shape index (κ2) is 15.5. The molecule has 2 heterocycles. The van der Waals surface area contributed by atoms with Gasteiger partial charge >= 0.3 is 5.97 Å². The summed E-state index contributed by atoms with van der Waals surface area (Å²) in [6.07, 6.45) is 3.45. The summed E-state index contributed by atoms with van der Waals surface area (Å²) in [5.74, 6) is 5.05. The molecule has 7 nitrogen and oxygen atoms in total. The van der Waals surface area contributed by atoms with Crippen molar-refractivity contribution in [2.45, 2.75) is 26.7 Å². The summed E-state index contributed by atoms with van der Waals surface area (Å²) in [7, 11) is -1.17. The molecule has 1 saturated heterocycles. The number of H-pyrrole nitrogens is 1. The van der Waals surface area contributed by atoms with Gasteiger partial charge < -0.3 is 14.0 Å². The highest BCUT2D eigenvalue weighted by molar-refractivity contribution is 8.28. The number of carboxylic acids is 1. The number of hydrogen-bond donors (Lipinski definition) is 3. The molecule has 1 fully saturated rings. The molecule has 3 N–H and O–H groups in total. The van der Waals surface area contributed by atoms with E-state index in [2.05, 4.69) is 48.2 Å². The van der Waals surface area contributed by atoms with Gasteiger partial charge in [-0.2, -0.15) is 16.9 Å². The Kier molecular flexibility index (Phi) is 12.7. The van der Waals surface area contributed by atoms with Gasteiger partial charge in [0.15, 0.2) is 0 Å². The van der Waals surface area contributed by atoms with Crippen LogP contribution in [0.15, 0.2) is 61.7 Å². The van der Waals surface area contributed by atoms with Crippen molar-refractivity contribution in [3.8, 4) is 11.5 Å². The summed E-state index contributed by atoms with van der Waals surface area (Å²) in [6.45, 7) is 12.3. The number of hydrogen-bond acceptors (Lipinski definition) is 6. The van der Waals surface area contributed by atoms with Crippen LogP contribution in [0.1, 0.15) is 26.0 Å². The van der Waals surface area contributed by atoms with Crippen LogP contribution < -0.4 is 13.6 Å². The average Bonchev–Trinajstić information content (AvgIpc) is 3.26. The van der Waals surface area contributed by atoms with E-state index in [1.54, 1.807) is 0 Å². The number of rotatable bonds is 9. The van der Waals surface area contributed by atoms with Crippen LogP contribution in [0.2, 0.25) is 0 Å². The van der Waals surface area contributed by atoms with Gasteiger partial charge in [0.25, 0.3) is 0 Å². The highest BCUT2D eigenvalue weighted by Crippen LogP contribution is 2.46. The second-order valence-electron chi connectivity index (χ2n) is 8.35. The van der Waals surface area contributed by atoms with E-state index in [9.17, 15) is 4.79 Å². The summed E-state index contributed by atoms with van der Waals surface area (Å²) in [4.78, 5) is 10.5. The molecule has 0 bridgehead atoms. The predicted molar refractivity (Wildman–Crippen MR) is 154 cm³/mol. The Morgan fingerprint density at radius 1 is 1.19 bits per heavy atom. The first-order chi connectivity index (χ1) is 17.4. The smallest absolute Gasteiger partial charge is 0.309 e. The van der Waals surface area contributed by atoms with E-state index < -0.39 is 16.5 Å².